The molecule has 6 nitrogen and oxygen atoms in total. The van der Waals surface area contributed by atoms with Gasteiger partial charge in [0.1, 0.15) is 5.75 Å². The summed E-state index contributed by atoms with van der Waals surface area (Å²) < 4.78 is 0. The first-order valence-corrected chi connectivity index (χ1v) is 9.63. The monoisotopic (exact) mass is 394 g/mol. The van der Waals surface area contributed by atoms with Crippen molar-refractivity contribution in [2.24, 2.45) is 0 Å². The van der Waals surface area contributed by atoms with Crippen molar-refractivity contribution in [2.45, 2.75) is 18.9 Å². The first-order valence-electron chi connectivity index (χ1n) is 9.63. The Labute approximate surface area is 170 Å². The summed E-state index contributed by atoms with van der Waals surface area (Å²) in [5.74, 6) is -1.15. The highest BCUT2D eigenvalue weighted by atomic mass is 16.3. The number of amides is 1. The summed E-state index contributed by atoms with van der Waals surface area (Å²) in [7, 11) is 3.80. The van der Waals surface area contributed by atoms with Crippen LogP contribution in [0.5, 0.6) is 5.75 Å². The second-order valence-electron chi connectivity index (χ2n) is 7.47. The first-order chi connectivity index (χ1) is 13.9. The molecule has 0 aromatic heterocycles. The van der Waals surface area contributed by atoms with Crippen LogP contribution in [0.15, 0.2) is 65.9 Å². The van der Waals surface area contributed by atoms with Crippen LogP contribution >= 0.6 is 0 Å². The predicted octanol–water partition coefficient (Wildman–Crippen LogP) is 2.85. The maximum Gasteiger partial charge on any atom is 0.290 e. The Morgan fingerprint density at radius 2 is 1.69 bits per heavy atom. The number of ketones is 1. The van der Waals surface area contributed by atoms with E-state index in [-0.39, 0.29) is 23.5 Å². The number of aliphatic hydroxyl groups is 1. The summed E-state index contributed by atoms with van der Waals surface area (Å²) in [4.78, 5) is 29.3. The predicted molar refractivity (Wildman–Crippen MR) is 111 cm³/mol. The molecule has 1 aliphatic rings. The maximum atomic E-state index is 13.1. The van der Waals surface area contributed by atoms with Crippen LogP contribution in [0.2, 0.25) is 0 Å². The zero-order valence-electron chi connectivity index (χ0n) is 16.7. The van der Waals surface area contributed by atoms with Crippen molar-refractivity contribution in [2.75, 3.05) is 27.2 Å². The maximum absolute atomic E-state index is 13.1. The largest absolute Gasteiger partial charge is 0.508 e. The number of nitrogens with zero attached hydrogens (tertiary/aromatic N) is 2. The van der Waals surface area contributed by atoms with Gasteiger partial charge in [0.2, 0.25) is 0 Å². The minimum Gasteiger partial charge on any atom is -0.508 e. The Morgan fingerprint density at radius 1 is 1.03 bits per heavy atom. The Balaban J connectivity index is 1.89. The van der Waals surface area contributed by atoms with E-state index in [2.05, 4.69) is 0 Å². The smallest absolute Gasteiger partial charge is 0.290 e. The molecule has 1 aliphatic heterocycles. The van der Waals surface area contributed by atoms with Crippen LogP contribution in [0.3, 0.4) is 0 Å². The van der Waals surface area contributed by atoms with Crippen LogP contribution in [0.25, 0.3) is 0 Å². The van der Waals surface area contributed by atoms with Crippen molar-refractivity contribution in [1.29, 1.82) is 0 Å². The number of rotatable bonds is 8. The average Bonchev–Trinajstić information content (AvgIpc) is 2.96. The molecular weight excluding hydrogens is 368 g/mol. The van der Waals surface area contributed by atoms with E-state index in [1.165, 1.54) is 17.0 Å². The van der Waals surface area contributed by atoms with Gasteiger partial charge in [0.25, 0.3) is 5.91 Å². The van der Waals surface area contributed by atoms with E-state index in [9.17, 15) is 19.8 Å². The standard InChI is InChI=1S/C23H26N2O4/c1-24(2)14-15-25-21(17-9-11-18(26)12-10-17)20(22(28)23(25)29)19(27)13-8-16-6-4-3-5-7-16/h3-7,9-12,21,26,28H,8,13-15H2,1-2H3. The van der Waals surface area contributed by atoms with Crippen LogP contribution in [-0.2, 0) is 16.0 Å². The van der Waals surface area contributed by atoms with E-state index in [0.29, 0.717) is 25.1 Å². The van der Waals surface area contributed by atoms with Gasteiger partial charge in [-0.3, -0.25) is 9.59 Å². The van der Waals surface area contributed by atoms with E-state index in [1.54, 1.807) is 12.1 Å². The molecule has 1 amide bonds. The molecule has 0 radical (unpaired) electrons. The van der Waals surface area contributed by atoms with Crippen molar-refractivity contribution < 1.29 is 19.8 Å². The fourth-order valence-electron chi connectivity index (χ4n) is 3.52. The highest BCUT2D eigenvalue weighted by molar-refractivity contribution is 6.09. The Kier molecular flexibility index (Phi) is 6.34. The normalized spacial score (nSPS) is 16.7. The number of benzene rings is 2. The molecule has 0 aliphatic carbocycles. The number of hydrogen-bond donors (Lipinski definition) is 2. The number of phenols is 1. The molecule has 1 heterocycles. The number of aryl methyl sites for hydroxylation is 1. The molecule has 0 saturated carbocycles. The number of hydrogen-bond acceptors (Lipinski definition) is 5. The van der Waals surface area contributed by atoms with Gasteiger partial charge in [0, 0.05) is 19.5 Å². The highest BCUT2D eigenvalue weighted by Gasteiger charge is 2.42. The third-order valence-electron chi connectivity index (χ3n) is 5.08. The molecule has 29 heavy (non-hydrogen) atoms. The SMILES string of the molecule is CN(C)CCN1C(=O)C(O)=C(C(=O)CCc2ccccc2)C1c1ccc(O)cc1. The number of aromatic hydroxyl groups is 1. The van der Waals surface area contributed by atoms with E-state index >= 15 is 0 Å². The van der Waals surface area contributed by atoms with Gasteiger partial charge in [-0.1, -0.05) is 42.5 Å². The molecule has 2 aromatic rings. The number of carbonyl (C=O) groups is 2. The van der Waals surface area contributed by atoms with Crippen LogP contribution in [-0.4, -0.2) is 58.9 Å². The van der Waals surface area contributed by atoms with Gasteiger partial charge in [-0.25, -0.2) is 0 Å². The van der Waals surface area contributed by atoms with Crippen molar-refractivity contribution in [3.05, 3.63) is 77.1 Å². The molecule has 0 bridgehead atoms. The summed E-state index contributed by atoms with van der Waals surface area (Å²) >= 11 is 0. The fraction of sp³-hybridized carbons (Fsp3) is 0.304. The number of phenolic OH excluding ortho intramolecular Hbond substituents is 1. The summed E-state index contributed by atoms with van der Waals surface area (Å²) in [5, 5.41) is 20.2. The molecule has 2 N–H and O–H groups in total. The van der Waals surface area contributed by atoms with Crippen LogP contribution in [0, 0.1) is 0 Å². The third-order valence-corrected chi connectivity index (χ3v) is 5.08. The molecule has 2 aromatic carbocycles. The van der Waals surface area contributed by atoms with E-state index in [1.807, 2.05) is 49.3 Å². The van der Waals surface area contributed by atoms with Gasteiger partial charge in [-0.05, 0) is 43.8 Å². The van der Waals surface area contributed by atoms with Crippen molar-refractivity contribution in [1.82, 2.24) is 9.80 Å². The minimum atomic E-state index is -0.661. The highest BCUT2D eigenvalue weighted by Crippen LogP contribution is 2.38. The summed E-state index contributed by atoms with van der Waals surface area (Å²) in [5.41, 5.74) is 1.84. The average molecular weight is 394 g/mol. The Bertz CT molecular complexity index is 904. The van der Waals surface area contributed by atoms with Gasteiger partial charge < -0.3 is 20.0 Å². The van der Waals surface area contributed by atoms with Crippen LogP contribution in [0.4, 0.5) is 0 Å². The van der Waals surface area contributed by atoms with Crippen molar-refractivity contribution in [3.8, 4) is 5.75 Å². The van der Waals surface area contributed by atoms with Crippen molar-refractivity contribution in [3.63, 3.8) is 0 Å². The van der Waals surface area contributed by atoms with Crippen molar-refractivity contribution >= 4 is 11.7 Å². The second kappa shape index (κ2) is 8.92. The molecule has 3 rings (SSSR count). The Hall–Kier alpha value is -3.12. The molecule has 0 saturated heterocycles. The molecule has 152 valence electrons. The van der Waals surface area contributed by atoms with E-state index in [4.69, 9.17) is 0 Å². The Morgan fingerprint density at radius 3 is 2.31 bits per heavy atom. The van der Waals surface area contributed by atoms with Gasteiger partial charge in [0.05, 0.1) is 11.6 Å². The quantitative estimate of drug-likeness (QED) is 0.720. The number of aliphatic hydroxyl groups excluding tert-OH is 1. The first kappa shape index (κ1) is 20.6. The molecule has 6 heteroatoms. The molecular formula is C23H26N2O4. The van der Waals surface area contributed by atoms with Gasteiger partial charge in [-0.2, -0.15) is 0 Å². The van der Waals surface area contributed by atoms with Gasteiger partial charge in [-0.15, -0.1) is 0 Å². The summed E-state index contributed by atoms with van der Waals surface area (Å²) in [6.07, 6.45) is 0.734. The van der Waals surface area contributed by atoms with Crippen LogP contribution < -0.4 is 0 Å². The molecule has 1 unspecified atom stereocenters. The fourth-order valence-corrected chi connectivity index (χ4v) is 3.52. The summed E-state index contributed by atoms with van der Waals surface area (Å²) in [6, 6.07) is 15.4. The minimum absolute atomic E-state index is 0.100. The molecule has 1 atom stereocenters. The van der Waals surface area contributed by atoms with E-state index < -0.39 is 17.7 Å². The molecule has 0 fully saturated rings. The third kappa shape index (κ3) is 4.66. The van der Waals surface area contributed by atoms with Crippen LogP contribution in [0.1, 0.15) is 23.6 Å². The zero-order chi connectivity index (χ0) is 21.0. The second-order valence-corrected chi connectivity index (χ2v) is 7.47. The topological polar surface area (TPSA) is 81.1 Å². The lowest BCUT2D eigenvalue weighted by molar-refractivity contribution is -0.129. The molecule has 0 spiro atoms. The number of likely N-dealkylation sites (N-methyl/N-ethyl adjacent to an activating group) is 1. The number of Topliss-reactive ketones (excluding diaryl/α,β-unsaturated/α-hetero) is 1. The zero-order valence-corrected chi connectivity index (χ0v) is 16.7. The lowest BCUT2D eigenvalue weighted by Crippen LogP contribution is -2.36. The summed E-state index contributed by atoms with van der Waals surface area (Å²) in [6.45, 7) is 0.968. The lowest BCUT2D eigenvalue weighted by Gasteiger charge is -2.28. The number of carbonyl (C=O) groups excluding carboxylic acids is 2. The lowest BCUT2D eigenvalue weighted by atomic mass is 9.93. The van der Waals surface area contributed by atoms with Gasteiger partial charge >= 0.3 is 0 Å². The van der Waals surface area contributed by atoms with Gasteiger partial charge in [0.15, 0.2) is 11.5 Å². The van der Waals surface area contributed by atoms with E-state index in [0.717, 1.165) is 5.56 Å².